The molecule has 1 aromatic heterocycles. The Balaban J connectivity index is 2.66. The van der Waals surface area contributed by atoms with Gasteiger partial charge in [0.2, 0.25) is 5.13 Å². The molecule has 0 saturated carbocycles. The summed E-state index contributed by atoms with van der Waals surface area (Å²) in [6.07, 6.45) is 0. The molecule has 0 fully saturated rings. The summed E-state index contributed by atoms with van der Waals surface area (Å²) in [5.41, 5.74) is -0.124. The van der Waals surface area contributed by atoms with Gasteiger partial charge in [-0.3, -0.25) is 14.9 Å². The molecule has 100 valence electrons. The van der Waals surface area contributed by atoms with Crippen molar-refractivity contribution < 1.29 is 9.59 Å². The Morgan fingerprint density at radius 3 is 2.22 bits per heavy atom. The Labute approximate surface area is 110 Å². The first kappa shape index (κ1) is 14.6. The number of rotatable bonds is 2. The molecule has 2 amide bonds. The number of aromatic nitrogens is 2. The summed E-state index contributed by atoms with van der Waals surface area (Å²) in [7, 11) is 0. The molecule has 0 radical (unpaired) electrons. The van der Waals surface area contributed by atoms with E-state index in [2.05, 4.69) is 20.8 Å². The number of anilines is 1. The molecule has 0 aliphatic carbocycles. The van der Waals surface area contributed by atoms with Crippen LogP contribution in [-0.4, -0.2) is 28.1 Å². The van der Waals surface area contributed by atoms with Crippen molar-refractivity contribution in [1.82, 2.24) is 15.5 Å². The van der Waals surface area contributed by atoms with Crippen LogP contribution >= 0.6 is 11.3 Å². The normalized spacial score (nSPS) is 11.4. The lowest BCUT2D eigenvalue weighted by atomic mass is 9.98. The molecular formula is C11H18N4O2S. The number of carbonyl (C=O) groups is 2. The van der Waals surface area contributed by atoms with E-state index in [9.17, 15) is 9.59 Å². The third kappa shape index (κ3) is 4.06. The average Bonchev–Trinajstić information content (AvgIpc) is 2.64. The van der Waals surface area contributed by atoms with Gasteiger partial charge in [-0.1, -0.05) is 32.1 Å². The van der Waals surface area contributed by atoms with Gasteiger partial charge >= 0.3 is 11.8 Å². The topological polar surface area (TPSA) is 84.0 Å². The van der Waals surface area contributed by atoms with E-state index in [0.29, 0.717) is 5.13 Å². The number of hydrogen-bond donors (Lipinski definition) is 2. The first-order valence-corrected chi connectivity index (χ1v) is 6.47. The molecule has 0 aromatic carbocycles. The molecule has 0 spiro atoms. The molecule has 0 unspecified atom stereocenters. The van der Waals surface area contributed by atoms with Crippen molar-refractivity contribution in [3.63, 3.8) is 0 Å². The lowest BCUT2D eigenvalue weighted by Gasteiger charge is -2.12. The van der Waals surface area contributed by atoms with Crippen LogP contribution in [0.1, 0.15) is 39.6 Å². The molecule has 0 saturated heterocycles. The van der Waals surface area contributed by atoms with Crippen LogP contribution < -0.4 is 10.6 Å². The zero-order valence-corrected chi connectivity index (χ0v) is 12.0. The molecule has 0 aliphatic heterocycles. The number of nitrogens with zero attached hydrogens (tertiary/aromatic N) is 2. The van der Waals surface area contributed by atoms with Gasteiger partial charge < -0.3 is 5.32 Å². The highest BCUT2D eigenvalue weighted by molar-refractivity contribution is 7.15. The summed E-state index contributed by atoms with van der Waals surface area (Å²) < 4.78 is 0. The molecule has 18 heavy (non-hydrogen) atoms. The second-order valence-corrected chi connectivity index (χ2v) is 6.22. The molecule has 1 aromatic rings. The van der Waals surface area contributed by atoms with Crippen LogP contribution in [0.3, 0.4) is 0 Å². The summed E-state index contributed by atoms with van der Waals surface area (Å²) in [4.78, 5) is 22.9. The van der Waals surface area contributed by atoms with Gasteiger partial charge in [-0.25, -0.2) is 0 Å². The lowest BCUT2D eigenvalue weighted by molar-refractivity contribution is -0.136. The SMILES string of the molecule is CC(C)NC(=O)C(=O)Nc1nnc(C(C)(C)C)s1. The van der Waals surface area contributed by atoms with Gasteiger partial charge in [0.1, 0.15) is 5.01 Å². The van der Waals surface area contributed by atoms with Crippen LogP contribution in [0.15, 0.2) is 0 Å². The van der Waals surface area contributed by atoms with Crippen LogP contribution in [0.25, 0.3) is 0 Å². The maximum absolute atomic E-state index is 11.5. The summed E-state index contributed by atoms with van der Waals surface area (Å²) >= 11 is 1.27. The van der Waals surface area contributed by atoms with Crippen molar-refractivity contribution in [2.45, 2.75) is 46.1 Å². The van der Waals surface area contributed by atoms with Crippen LogP contribution in [0.4, 0.5) is 5.13 Å². The maximum Gasteiger partial charge on any atom is 0.315 e. The minimum atomic E-state index is -0.722. The number of nitrogens with one attached hydrogen (secondary N) is 2. The van der Waals surface area contributed by atoms with Crippen molar-refractivity contribution in [2.75, 3.05) is 5.32 Å². The van der Waals surface area contributed by atoms with Gasteiger partial charge in [-0.15, -0.1) is 10.2 Å². The van der Waals surface area contributed by atoms with E-state index in [1.807, 2.05) is 20.8 Å². The highest BCUT2D eigenvalue weighted by Crippen LogP contribution is 2.27. The Morgan fingerprint density at radius 2 is 1.78 bits per heavy atom. The van der Waals surface area contributed by atoms with E-state index in [0.717, 1.165) is 5.01 Å². The highest BCUT2D eigenvalue weighted by Gasteiger charge is 2.21. The molecule has 0 atom stereocenters. The molecule has 1 heterocycles. The highest BCUT2D eigenvalue weighted by atomic mass is 32.1. The molecule has 7 heteroatoms. The fourth-order valence-corrected chi connectivity index (χ4v) is 1.85. The van der Waals surface area contributed by atoms with Crippen LogP contribution in [0.2, 0.25) is 0 Å². The Morgan fingerprint density at radius 1 is 1.17 bits per heavy atom. The second-order valence-electron chi connectivity index (χ2n) is 5.24. The van der Waals surface area contributed by atoms with Gasteiger partial charge in [0.15, 0.2) is 0 Å². The number of amides is 2. The first-order chi connectivity index (χ1) is 8.20. The average molecular weight is 270 g/mol. The number of hydrogen-bond acceptors (Lipinski definition) is 5. The van der Waals surface area contributed by atoms with Crippen molar-refractivity contribution in [2.24, 2.45) is 0 Å². The first-order valence-electron chi connectivity index (χ1n) is 5.66. The van der Waals surface area contributed by atoms with E-state index in [4.69, 9.17) is 0 Å². The van der Waals surface area contributed by atoms with Gasteiger partial charge in [0.25, 0.3) is 0 Å². The van der Waals surface area contributed by atoms with Gasteiger partial charge in [-0.2, -0.15) is 0 Å². The fourth-order valence-electron chi connectivity index (χ4n) is 1.06. The summed E-state index contributed by atoms with van der Waals surface area (Å²) in [6.45, 7) is 9.58. The Hall–Kier alpha value is -1.50. The van der Waals surface area contributed by atoms with E-state index < -0.39 is 11.8 Å². The third-order valence-electron chi connectivity index (χ3n) is 1.91. The Kier molecular flexibility index (Phi) is 4.39. The van der Waals surface area contributed by atoms with E-state index in [1.165, 1.54) is 11.3 Å². The quantitative estimate of drug-likeness (QED) is 0.793. The molecule has 0 aliphatic rings. The van der Waals surface area contributed by atoms with E-state index in [-0.39, 0.29) is 11.5 Å². The van der Waals surface area contributed by atoms with E-state index >= 15 is 0 Å². The summed E-state index contributed by atoms with van der Waals surface area (Å²) in [5, 5.41) is 13.9. The predicted molar refractivity (Wildman–Crippen MR) is 70.5 cm³/mol. The predicted octanol–water partition coefficient (Wildman–Crippen LogP) is 1.30. The minimum Gasteiger partial charge on any atom is -0.346 e. The molecule has 6 nitrogen and oxygen atoms in total. The summed E-state index contributed by atoms with van der Waals surface area (Å²) in [6, 6.07) is -0.0807. The number of carbonyl (C=O) groups excluding carboxylic acids is 2. The minimum absolute atomic E-state index is 0.0807. The van der Waals surface area contributed by atoms with Gasteiger partial charge in [-0.05, 0) is 13.8 Å². The van der Waals surface area contributed by atoms with Crippen molar-refractivity contribution in [3.05, 3.63) is 5.01 Å². The van der Waals surface area contributed by atoms with E-state index in [1.54, 1.807) is 13.8 Å². The smallest absolute Gasteiger partial charge is 0.315 e. The van der Waals surface area contributed by atoms with Crippen molar-refractivity contribution in [3.8, 4) is 0 Å². The monoisotopic (exact) mass is 270 g/mol. The third-order valence-corrected chi connectivity index (χ3v) is 3.18. The van der Waals surface area contributed by atoms with Crippen molar-refractivity contribution in [1.29, 1.82) is 0 Å². The molecule has 2 N–H and O–H groups in total. The second kappa shape index (κ2) is 5.43. The molecular weight excluding hydrogens is 252 g/mol. The zero-order valence-electron chi connectivity index (χ0n) is 11.2. The summed E-state index contributed by atoms with van der Waals surface area (Å²) in [5.74, 6) is -1.39. The fraction of sp³-hybridized carbons (Fsp3) is 0.636. The zero-order chi connectivity index (χ0) is 13.9. The Bertz CT molecular complexity index is 448. The molecule has 1 rings (SSSR count). The lowest BCUT2D eigenvalue weighted by Crippen LogP contribution is -2.39. The van der Waals surface area contributed by atoms with Gasteiger partial charge in [0.05, 0.1) is 0 Å². The van der Waals surface area contributed by atoms with Crippen LogP contribution in [0.5, 0.6) is 0 Å². The van der Waals surface area contributed by atoms with Crippen molar-refractivity contribution >= 4 is 28.3 Å². The van der Waals surface area contributed by atoms with Crippen LogP contribution in [-0.2, 0) is 15.0 Å². The molecule has 0 bridgehead atoms. The van der Waals surface area contributed by atoms with Crippen LogP contribution in [0, 0.1) is 0 Å². The largest absolute Gasteiger partial charge is 0.346 e. The standard InChI is InChI=1S/C11H18N4O2S/c1-6(2)12-7(16)8(17)13-10-15-14-9(18-10)11(3,4)5/h6H,1-5H3,(H,12,16)(H,13,15,17). The van der Waals surface area contributed by atoms with Gasteiger partial charge in [0, 0.05) is 11.5 Å². The maximum atomic E-state index is 11.5.